The summed E-state index contributed by atoms with van der Waals surface area (Å²) in [7, 11) is 6.22. The molecule has 7 N–H and O–H groups in total. The predicted molar refractivity (Wildman–Crippen MR) is 443 cm³/mol. The van der Waals surface area contributed by atoms with E-state index in [1.54, 1.807) is 0 Å². The quantitative estimate of drug-likeness (QED) is 0.0210. The van der Waals surface area contributed by atoms with Gasteiger partial charge in [0.25, 0.3) is 0 Å². The second-order valence-electron chi connectivity index (χ2n) is 30.7. The maximum absolute atomic E-state index is 7.32. The van der Waals surface area contributed by atoms with E-state index >= 15 is 0 Å². The molecule has 546 valence electrons. The van der Waals surface area contributed by atoms with Gasteiger partial charge in [-0.2, -0.15) is 0 Å². The monoisotopic (exact) mass is 1400 g/mol. The molecule has 2 heterocycles. The third-order valence-corrected chi connectivity index (χ3v) is 22.4. The van der Waals surface area contributed by atoms with Crippen molar-refractivity contribution in [2.75, 3.05) is 40.8 Å². The molecule has 0 radical (unpaired) electrons. The summed E-state index contributed by atoms with van der Waals surface area (Å²) in [6.07, 6.45) is 16.5. The summed E-state index contributed by atoms with van der Waals surface area (Å²) >= 11 is 7.32. The lowest BCUT2D eigenvalue weighted by Gasteiger charge is -2.32. The Bertz CT molecular complexity index is 4140. The Balaban J connectivity index is 1.12. The van der Waals surface area contributed by atoms with Gasteiger partial charge in [0.2, 0.25) is 0 Å². The van der Waals surface area contributed by atoms with Gasteiger partial charge in [0.05, 0.1) is 30.7 Å². The smallest absolute Gasteiger partial charge is 0.0911 e. The van der Waals surface area contributed by atoms with Crippen LogP contribution in [-0.4, -0.2) is 51.7 Å². The van der Waals surface area contributed by atoms with E-state index in [0.29, 0.717) is 25.3 Å². The number of aryl methyl sites for hydroxylation is 5. The number of likely N-dealkylation sites (N-methyl/N-ethyl adjacent to an activating group) is 1. The Morgan fingerprint density at radius 2 is 1.38 bits per heavy atom. The first-order valence-corrected chi connectivity index (χ1v) is 38.8. The molecule has 7 aromatic carbocycles. The van der Waals surface area contributed by atoms with Gasteiger partial charge in [-0.05, 0) is 261 Å². The van der Waals surface area contributed by atoms with Gasteiger partial charge in [-0.3, -0.25) is 0 Å². The first-order valence-electron chi connectivity index (χ1n) is 38.4. The van der Waals surface area contributed by atoms with E-state index < -0.39 is 12.1 Å². The second kappa shape index (κ2) is 37.3. The van der Waals surface area contributed by atoms with E-state index in [0.717, 1.165) is 126 Å². The van der Waals surface area contributed by atoms with Crippen LogP contribution in [0.1, 0.15) is 217 Å². The molecule has 1 aliphatic carbocycles. The fourth-order valence-electron chi connectivity index (χ4n) is 15.3. The lowest BCUT2D eigenvalue weighted by Crippen LogP contribution is -2.40. The number of allylic oxidation sites excluding steroid dienone is 2. The van der Waals surface area contributed by atoms with Gasteiger partial charge in [0, 0.05) is 64.4 Å². The molecule has 5 atom stereocenters. The predicted octanol–water partition coefficient (Wildman–Crippen LogP) is 20.9. The highest BCUT2D eigenvalue weighted by molar-refractivity contribution is 6.31. The van der Waals surface area contributed by atoms with Gasteiger partial charge in [0.15, 0.2) is 0 Å². The highest BCUT2D eigenvalue weighted by Crippen LogP contribution is 2.42. The highest BCUT2D eigenvalue weighted by Gasteiger charge is 2.30. The summed E-state index contributed by atoms with van der Waals surface area (Å²) in [5.41, 5.74) is 30.9. The van der Waals surface area contributed by atoms with Crippen LogP contribution in [0.15, 0.2) is 213 Å². The van der Waals surface area contributed by atoms with Crippen LogP contribution in [0.25, 0.3) is 11.1 Å². The van der Waals surface area contributed by atoms with E-state index in [-0.39, 0.29) is 18.0 Å². The molecule has 10 rings (SSSR count). The Morgan fingerprint density at radius 3 is 2.08 bits per heavy atom. The highest BCUT2D eigenvalue weighted by atomic mass is 35.5. The van der Waals surface area contributed by atoms with Crippen LogP contribution >= 0.6 is 11.6 Å². The molecule has 103 heavy (non-hydrogen) atoms. The van der Waals surface area contributed by atoms with Crippen LogP contribution in [0.3, 0.4) is 0 Å². The number of halogens is 1. The van der Waals surface area contributed by atoms with Gasteiger partial charge in [-0.15, -0.1) is 0 Å². The molecule has 7 aromatic rings. The van der Waals surface area contributed by atoms with Crippen molar-refractivity contribution in [3.05, 3.63) is 318 Å². The van der Waals surface area contributed by atoms with Crippen LogP contribution in [0, 0.1) is 39.5 Å². The van der Waals surface area contributed by atoms with Crippen molar-refractivity contribution in [2.24, 2.45) is 11.8 Å². The molecule has 0 aromatic heterocycles. The number of hydrogen-bond donors (Lipinski definition) is 7. The van der Waals surface area contributed by atoms with Crippen molar-refractivity contribution in [1.29, 1.82) is 0 Å². The summed E-state index contributed by atoms with van der Waals surface area (Å²) in [5, 5.41) is 27.7. The molecule has 3 aliphatic rings. The molecule has 8 nitrogen and oxygen atoms in total. The lowest BCUT2D eigenvalue weighted by molar-refractivity contribution is 0.289. The molecule has 0 spiro atoms. The van der Waals surface area contributed by atoms with E-state index in [2.05, 4.69) is 246 Å². The van der Waals surface area contributed by atoms with E-state index in [1.165, 1.54) is 140 Å². The van der Waals surface area contributed by atoms with Crippen molar-refractivity contribution < 1.29 is 0 Å². The maximum Gasteiger partial charge on any atom is 0.0911 e. The minimum Gasteiger partial charge on any atom is -0.390 e. The summed E-state index contributed by atoms with van der Waals surface area (Å²) in [6.45, 7) is 55.6. The Kier molecular flexibility index (Phi) is 28.5. The van der Waals surface area contributed by atoms with Crippen LogP contribution in [0.2, 0.25) is 5.02 Å². The minimum atomic E-state index is -0.459. The molecule has 4 bridgehead atoms. The molecule has 9 heteroatoms. The van der Waals surface area contributed by atoms with Gasteiger partial charge >= 0.3 is 0 Å². The molecule has 1 fully saturated rings. The Labute approximate surface area is 627 Å². The van der Waals surface area contributed by atoms with Crippen LogP contribution in [0.5, 0.6) is 0 Å². The zero-order valence-corrected chi connectivity index (χ0v) is 65.6. The van der Waals surface area contributed by atoms with E-state index in [4.69, 9.17) is 51.1 Å². The van der Waals surface area contributed by atoms with Gasteiger partial charge in [-0.25, -0.2) is 0 Å². The summed E-state index contributed by atoms with van der Waals surface area (Å²) in [5.74, 6) is 1.38. The third kappa shape index (κ3) is 21.4. The van der Waals surface area contributed by atoms with E-state index in [1.807, 2.05) is 14.0 Å². The lowest BCUT2D eigenvalue weighted by atomic mass is 9.77. The first-order chi connectivity index (χ1) is 49.4. The normalized spacial score (nSPS) is 17.1. The number of fused-ring (bicyclic) bond motifs is 9. The zero-order chi connectivity index (χ0) is 74.0. The molecule has 2 aliphatic heterocycles. The Hall–Kier alpha value is -8.43. The number of nitrogens with one attached hydrogen (secondary N) is 7. The molecular weight excluding hydrogens is 1280 g/mol. The number of hydrogen-bond acceptors (Lipinski definition) is 8. The molecule has 0 amide bonds. The second-order valence-corrected chi connectivity index (χ2v) is 31.1. The van der Waals surface area contributed by atoms with Crippen LogP contribution in [-0.2, 0) is 44.9 Å². The summed E-state index contributed by atoms with van der Waals surface area (Å²) in [4.78, 5) is 2.23. The fourth-order valence-corrected chi connectivity index (χ4v) is 15.5. The maximum atomic E-state index is 7.32. The van der Waals surface area contributed by atoms with E-state index in [9.17, 15) is 0 Å². The number of unbranched alkanes of at least 4 members (excludes halogenated alkanes) is 3. The number of nitrogens with zero attached hydrogens (tertiary/aromatic N) is 1. The number of rotatable bonds is 32. The van der Waals surface area contributed by atoms with Crippen molar-refractivity contribution >= 4 is 11.6 Å². The number of benzene rings is 7. The minimum absolute atomic E-state index is 0.0255. The molecule has 5 unspecified atom stereocenters. The van der Waals surface area contributed by atoms with Crippen molar-refractivity contribution in [3.8, 4) is 11.1 Å². The fraction of sp³-hybridized carbons (Fsp3) is 0.404. The van der Waals surface area contributed by atoms with Gasteiger partial charge in [0.1, 0.15) is 0 Å². The van der Waals surface area contributed by atoms with Crippen molar-refractivity contribution in [2.45, 2.75) is 195 Å². The van der Waals surface area contributed by atoms with Gasteiger partial charge in [-0.1, -0.05) is 233 Å². The van der Waals surface area contributed by atoms with Gasteiger partial charge < -0.3 is 42.1 Å². The van der Waals surface area contributed by atoms with Crippen LogP contribution in [0.4, 0.5) is 0 Å². The molecular formula is C94H123ClN8. The molecule has 1 saturated carbocycles. The van der Waals surface area contributed by atoms with Crippen molar-refractivity contribution in [3.63, 3.8) is 0 Å². The van der Waals surface area contributed by atoms with Crippen LogP contribution < -0.4 is 37.2 Å². The third-order valence-electron chi connectivity index (χ3n) is 22.1. The first kappa shape index (κ1) is 78.7. The zero-order valence-electron chi connectivity index (χ0n) is 64.9. The average Bonchev–Trinajstić information content (AvgIpc) is 0.793. The Morgan fingerprint density at radius 1 is 0.660 bits per heavy atom. The SMILES string of the molecule is C=C(C)NC(C(=C)NCCCN(C)C)c1cccc(CC2CCC(C)CC2)c1-c1cc(C(NC(=C)C2NC(=C)CNC(=C)C(NC(=C)C(C)c3ccc(C)c(Cc4ccc(C)c(C)c4)c3)Cc3ccc(cc3)Cc3cc2cc(Cc2ccc(CC)cc2Cl)c3CCCCCC)C(=C)NC)ccc1C. The molecule has 0 saturated heterocycles. The summed E-state index contributed by atoms with van der Waals surface area (Å²) < 4.78 is 0. The average molecular weight is 1400 g/mol. The topological polar surface area (TPSA) is 87.5 Å². The standard InChI is InChI=1S/C94H123ClN8/c1-20-22-23-24-28-86-83-50-75-38-40-76(41-39-75)53-90(101-68(12)67(11)78-43-33-63(7)82(54-78)51-77-37-32-62(6)65(9)48-77)69(13)98-59-66(10)100-93(85(56-83)57-84(86)55-79-45-42-73(21-2)52-89(79)95)72(16)102-92(70(14)96-17)81-44-34-64(8)88(58-81)91-80(49-74-35-30-61(5)31-36-74)27-25-29-87(91)94(99-60(3)4)71(15)97-46-26-47-103(18)19/h25,27,29,32-34,37-45,48,52,54,56-58,61,67,74,90,92-94,96-102H,3,10,12-16,20-24,26,28,30-31,35-36,46-47,49-51,53,55,59H2,1-2,4-9,11,17-19H3. The van der Waals surface area contributed by atoms with Crippen molar-refractivity contribution in [1.82, 2.24) is 42.1 Å². The summed E-state index contributed by atoms with van der Waals surface area (Å²) in [6, 6.07) is 47.2. The largest absolute Gasteiger partial charge is 0.390 e.